The van der Waals surface area contributed by atoms with Crippen LogP contribution in [0.3, 0.4) is 0 Å². The van der Waals surface area contributed by atoms with Crippen molar-refractivity contribution in [1.29, 1.82) is 0 Å². The average Bonchev–Trinajstić information content (AvgIpc) is 3.20. The fourth-order valence-corrected chi connectivity index (χ4v) is 5.94. The number of nitrogens with zero attached hydrogens (tertiary/aromatic N) is 5. The lowest BCUT2D eigenvalue weighted by molar-refractivity contribution is 0.225. The highest BCUT2D eigenvalue weighted by molar-refractivity contribution is 6.00. The molecule has 0 spiro atoms. The zero-order valence-corrected chi connectivity index (χ0v) is 19.7. The van der Waals surface area contributed by atoms with E-state index in [1.807, 2.05) is 29.2 Å². The van der Waals surface area contributed by atoms with Gasteiger partial charge in [-0.2, -0.15) is 4.98 Å². The maximum absolute atomic E-state index is 16.3. The lowest BCUT2D eigenvalue weighted by Gasteiger charge is -2.41. The minimum atomic E-state index is -0.535. The Labute approximate surface area is 207 Å². The first-order valence-electron chi connectivity index (χ1n) is 12.6. The summed E-state index contributed by atoms with van der Waals surface area (Å²) in [7, 11) is 0. The first kappa shape index (κ1) is 21.7. The number of halogens is 1. The van der Waals surface area contributed by atoms with Crippen molar-refractivity contribution in [3.8, 4) is 17.0 Å². The van der Waals surface area contributed by atoms with E-state index in [0.717, 1.165) is 49.7 Å². The summed E-state index contributed by atoms with van der Waals surface area (Å²) in [6.07, 6.45) is 4.76. The van der Waals surface area contributed by atoms with Crippen molar-refractivity contribution in [2.75, 3.05) is 36.0 Å². The molecule has 0 radical (unpaired) electrons. The van der Waals surface area contributed by atoms with Crippen LogP contribution in [-0.2, 0) is 0 Å². The number of anilines is 2. The molecule has 3 atom stereocenters. The molecule has 5 heterocycles. The summed E-state index contributed by atoms with van der Waals surface area (Å²) in [5.41, 5.74) is 0.874. The van der Waals surface area contributed by atoms with Gasteiger partial charge in [0.2, 0.25) is 5.95 Å². The number of piperazine rings is 1. The van der Waals surface area contributed by atoms with Crippen molar-refractivity contribution in [3.63, 3.8) is 0 Å². The summed E-state index contributed by atoms with van der Waals surface area (Å²) < 4.78 is 16.3. The number of hydrogen-bond acceptors (Lipinski definition) is 8. The van der Waals surface area contributed by atoms with Gasteiger partial charge in [-0.1, -0.05) is 24.3 Å². The number of phenolic OH excluding ortho intramolecular Hbond substituents is 1. The van der Waals surface area contributed by atoms with Crippen LogP contribution in [0.2, 0.25) is 0 Å². The molecule has 0 amide bonds. The van der Waals surface area contributed by atoms with Crippen molar-refractivity contribution in [2.24, 2.45) is 0 Å². The molecule has 3 aliphatic heterocycles. The monoisotopic (exact) mass is 486 g/mol. The average molecular weight is 487 g/mol. The molecule has 4 aromatic rings. The first-order chi connectivity index (χ1) is 17.6. The van der Waals surface area contributed by atoms with E-state index in [4.69, 9.17) is 4.98 Å². The molecule has 36 heavy (non-hydrogen) atoms. The Hall–Kier alpha value is -3.56. The molecule has 8 nitrogen and oxygen atoms in total. The molecular formula is C27H27FN6O2. The summed E-state index contributed by atoms with van der Waals surface area (Å²) in [5, 5.41) is 25.9. The van der Waals surface area contributed by atoms with Crippen LogP contribution in [0.1, 0.15) is 19.3 Å². The van der Waals surface area contributed by atoms with Crippen molar-refractivity contribution < 1.29 is 14.6 Å². The van der Waals surface area contributed by atoms with Crippen LogP contribution < -0.4 is 15.1 Å². The van der Waals surface area contributed by atoms with Gasteiger partial charge in [0.15, 0.2) is 5.82 Å². The number of aliphatic hydroxyl groups is 1. The second-order valence-electron chi connectivity index (χ2n) is 10.1. The Balaban J connectivity index is 1.43. The second-order valence-corrected chi connectivity index (χ2v) is 10.1. The molecule has 184 valence electrons. The molecule has 9 heteroatoms. The van der Waals surface area contributed by atoms with E-state index in [2.05, 4.69) is 20.2 Å². The quantitative estimate of drug-likeness (QED) is 0.405. The predicted molar refractivity (Wildman–Crippen MR) is 137 cm³/mol. The van der Waals surface area contributed by atoms with E-state index in [-0.39, 0.29) is 29.6 Å². The maximum atomic E-state index is 16.3. The molecule has 3 aliphatic rings. The van der Waals surface area contributed by atoms with Crippen LogP contribution in [0.15, 0.2) is 42.6 Å². The molecule has 3 fully saturated rings. The lowest BCUT2D eigenvalue weighted by Crippen LogP contribution is -2.52. The van der Waals surface area contributed by atoms with Crippen molar-refractivity contribution >= 4 is 33.4 Å². The Morgan fingerprint density at radius 3 is 2.58 bits per heavy atom. The minimum Gasteiger partial charge on any atom is -0.508 e. The Morgan fingerprint density at radius 1 is 1.03 bits per heavy atom. The van der Waals surface area contributed by atoms with E-state index in [0.29, 0.717) is 34.8 Å². The normalized spacial score (nSPS) is 23.4. The fraction of sp³-hybridized carbons (Fsp3) is 0.370. The number of rotatable bonds is 4. The van der Waals surface area contributed by atoms with Gasteiger partial charge in [0.25, 0.3) is 0 Å². The number of aromatic hydroxyl groups is 1. The van der Waals surface area contributed by atoms with Gasteiger partial charge in [0.05, 0.1) is 18.0 Å². The first-order valence-corrected chi connectivity index (χ1v) is 12.6. The van der Waals surface area contributed by atoms with Gasteiger partial charge in [0, 0.05) is 43.5 Å². The van der Waals surface area contributed by atoms with Crippen molar-refractivity contribution in [2.45, 2.75) is 37.4 Å². The highest BCUT2D eigenvalue weighted by Crippen LogP contribution is 2.38. The largest absolute Gasteiger partial charge is 0.508 e. The number of hydrogen-bond donors (Lipinski definition) is 3. The van der Waals surface area contributed by atoms with Crippen LogP contribution >= 0.6 is 0 Å². The summed E-state index contributed by atoms with van der Waals surface area (Å²) in [6.45, 7) is 2.33. The SMILES string of the molecule is OC[C@@H]1CCN1c1nc(N2C[C@H]3CC[C@@H](C2)N3)c2cnc(-c3cc(O)cc4ccccc34)c(F)c2n1. The number of aromatic nitrogens is 3. The lowest BCUT2D eigenvalue weighted by atomic mass is 10.00. The molecule has 7 rings (SSSR count). The molecule has 2 bridgehead atoms. The zero-order valence-electron chi connectivity index (χ0n) is 19.7. The van der Waals surface area contributed by atoms with Gasteiger partial charge in [0.1, 0.15) is 22.8 Å². The number of pyridine rings is 1. The standard InChI is InChI=1S/C27H27FN6O2/c28-23-24(21-10-19(36)9-15-3-1-2-4-20(15)21)29-11-22-25(23)31-27(34-8-7-18(34)14-35)32-26(22)33-12-16-5-6-17(13-33)30-16/h1-4,9-11,16-18,30,35-36H,5-8,12-14H2/t16-,17+,18-/m0/s1. The minimum absolute atomic E-state index is 0.00781. The molecule has 0 unspecified atom stereocenters. The highest BCUT2D eigenvalue weighted by atomic mass is 19.1. The third kappa shape index (κ3) is 3.37. The van der Waals surface area contributed by atoms with Gasteiger partial charge in [-0.25, -0.2) is 9.37 Å². The molecule has 2 aromatic carbocycles. The van der Waals surface area contributed by atoms with Crippen LogP contribution in [0.5, 0.6) is 5.75 Å². The Morgan fingerprint density at radius 2 is 1.83 bits per heavy atom. The molecule has 3 N–H and O–H groups in total. The summed E-state index contributed by atoms with van der Waals surface area (Å²) in [6, 6.07) is 11.5. The summed E-state index contributed by atoms with van der Waals surface area (Å²) >= 11 is 0. The molecule has 2 aromatic heterocycles. The molecule has 0 aliphatic carbocycles. The van der Waals surface area contributed by atoms with Gasteiger partial charge < -0.3 is 25.3 Å². The molecule has 3 saturated heterocycles. The van der Waals surface area contributed by atoms with Crippen LogP contribution in [0, 0.1) is 5.82 Å². The third-order valence-electron chi connectivity index (χ3n) is 7.88. The van der Waals surface area contributed by atoms with E-state index < -0.39 is 5.82 Å². The number of phenols is 1. The van der Waals surface area contributed by atoms with Crippen LogP contribution in [0.25, 0.3) is 32.9 Å². The summed E-state index contributed by atoms with van der Waals surface area (Å²) in [4.78, 5) is 18.3. The highest BCUT2D eigenvalue weighted by Gasteiger charge is 2.36. The molecular weight excluding hydrogens is 459 g/mol. The molecule has 0 saturated carbocycles. The van der Waals surface area contributed by atoms with Gasteiger partial charge in [-0.15, -0.1) is 0 Å². The van der Waals surface area contributed by atoms with E-state index in [1.165, 1.54) is 0 Å². The van der Waals surface area contributed by atoms with Crippen molar-refractivity contribution in [1.82, 2.24) is 20.3 Å². The van der Waals surface area contributed by atoms with Crippen LogP contribution in [-0.4, -0.2) is 69.5 Å². The maximum Gasteiger partial charge on any atom is 0.228 e. The van der Waals surface area contributed by atoms with E-state index in [9.17, 15) is 10.2 Å². The smallest absolute Gasteiger partial charge is 0.228 e. The van der Waals surface area contributed by atoms with Crippen LogP contribution in [0.4, 0.5) is 16.2 Å². The van der Waals surface area contributed by atoms with Gasteiger partial charge in [-0.05, 0) is 42.2 Å². The predicted octanol–water partition coefficient (Wildman–Crippen LogP) is 3.20. The second kappa shape index (κ2) is 8.25. The van der Waals surface area contributed by atoms with Gasteiger partial charge in [-0.3, -0.25) is 4.98 Å². The van der Waals surface area contributed by atoms with E-state index >= 15 is 4.39 Å². The van der Waals surface area contributed by atoms with E-state index in [1.54, 1.807) is 18.3 Å². The Bertz CT molecular complexity index is 1480. The topological polar surface area (TPSA) is 97.6 Å². The summed E-state index contributed by atoms with van der Waals surface area (Å²) in [5.74, 6) is 0.644. The Kier molecular flexibility index (Phi) is 4.97. The van der Waals surface area contributed by atoms with Crippen molar-refractivity contribution in [3.05, 3.63) is 48.4 Å². The van der Waals surface area contributed by atoms with Gasteiger partial charge >= 0.3 is 0 Å². The number of nitrogens with one attached hydrogen (secondary N) is 1. The number of aliphatic hydroxyl groups excluding tert-OH is 1. The fourth-order valence-electron chi connectivity index (χ4n) is 5.94. The number of fused-ring (bicyclic) bond motifs is 4. The third-order valence-corrected chi connectivity index (χ3v) is 7.88. The number of benzene rings is 2. The zero-order chi connectivity index (χ0) is 24.4.